The average Bonchev–Trinajstić information content (AvgIpc) is 3.38. The fraction of sp³-hybridized carbons (Fsp3) is 0.524. The average molecular weight is 445 g/mol. The zero-order chi connectivity index (χ0) is 23.2. The van der Waals surface area contributed by atoms with E-state index in [1.807, 2.05) is 0 Å². The van der Waals surface area contributed by atoms with Crippen molar-refractivity contribution in [2.24, 2.45) is 11.3 Å². The summed E-state index contributed by atoms with van der Waals surface area (Å²) in [4.78, 5) is 61.8. The summed E-state index contributed by atoms with van der Waals surface area (Å²) in [5, 5.41) is 14.3. The number of methoxy groups -OCH3 is 2. The molecule has 2 aliphatic carbocycles. The van der Waals surface area contributed by atoms with Gasteiger partial charge in [0.1, 0.15) is 11.0 Å². The molecule has 3 atom stereocenters. The zero-order valence-corrected chi connectivity index (χ0v) is 17.7. The minimum atomic E-state index is -1.06. The lowest BCUT2D eigenvalue weighted by atomic mass is 9.99. The maximum absolute atomic E-state index is 12.9. The number of nitro groups is 1. The van der Waals surface area contributed by atoms with E-state index in [0.717, 1.165) is 13.2 Å². The van der Waals surface area contributed by atoms with Crippen molar-refractivity contribution in [3.05, 3.63) is 39.4 Å². The highest BCUT2D eigenvalue weighted by Crippen LogP contribution is 2.51. The van der Waals surface area contributed by atoms with Gasteiger partial charge in [0.25, 0.3) is 11.6 Å². The Labute approximate surface area is 183 Å². The van der Waals surface area contributed by atoms with Crippen LogP contribution in [0.25, 0.3) is 0 Å². The Balaban J connectivity index is 1.44. The van der Waals surface area contributed by atoms with Gasteiger partial charge in [-0.3, -0.25) is 24.5 Å². The number of fused-ring (bicyclic) bond motifs is 2. The Bertz CT molecular complexity index is 1020. The third kappa shape index (κ3) is 3.47. The van der Waals surface area contributed by atoms with Crippen LogP contribution in [-0.4, -0.2) is 66.4 Å². The molecular formula is C21H23N3O8. The number of carbonyl (C=O) groups is 4. The number of nitro benzene ring substituents is 1. The zero-order valence-electron chi connectivity index (χ0n) is 17.7. The molecule has 0 radical (unpaired) electrons. The van der Waals surface area contributed by atoms with E-state index >= 15 is 0 Å². The lowest BCUT2D eigenvalue weighted by molar-refractivity contribution is -0.385. The van der Waals surface area contributed by atoms with Crippen molar-refractivity contribution in [1.29, 1.82) is 0 Å². The van der Waals surface area contributed by atoms with Crippen LogP contribution in [0.3, 0.4) is 0 Å². The SMILES string of the molecule is COC(=O)c1ccc(C(=O)N[C@@H]2C[C@H]3C[C@@H]2CN3C(=O)C2(C(=O)OC)CC2)c([N+](=O)[O-])c1. The van der Waals surface area contributed by atoms with Gasteiger partial charge in [-0.15, -0.1) is 0 Å². The summed E-state index contributed by atoms with van der Waals surface area (Å²) < 4.78 is 9.36. The third-order valence-electron chi connectivity index (χ3n) is 6.71. The Morgan fingerprint density at radius 2 is 1.88 bits per heavy atom. The van der Waals surface area contributed by atoms with Gasteiger partial charge in [0.05, 0.1) is 24.7 Å². The molecule has 1 saturated heterocycles. The number of nitrogens with zero attached hydrogens (tertiary/aromatic N) is 2. The smallest absolute Gasteiger partial charge is 0.338 e. The predicted molar refractivity (Wildman–Crippen MR) is 108 cm³/mol. The van der Waals surface area contributed by atoms with Gasteiger partial charge in [-0.1, -0.05) is 0 Å². The van der Waals surface area contributed by atoms with Gasteiger partial charge in [-0.25, -0.2) is 4.79 Å². The molecule has 11 nitrogen and oxygen atoms in total. The number of benzene rings is 1. The molecule has 2 bridgehead atoms. The molecule has 1 aliphatic heterocycles. The van der Waals surface area contributed by atoms with Crippen molar-refractivity contribution in [2.45, 2.75) is 37.8 Å². The third-order valence-corrected chi connectivity index (χ3v) is 6.71. The number of amides is 2. The topological polar surface area (TPSA) is 145 Å². The monoisotopic (exact) mass is 445 g/mol. The van der Waals surface area contributed by atoms with Crippen molar-refractivity contribution >= 4 is 29.4 Å². The summed E-state index contributed by atoms with van der Waals surface area (Å²) in [6.45, 7) is 0.413. The van der Waals surface area contributed by atoms with E-state index in [9.17, 15) is 29.3 Å². The first-order valence-corrected chi connectivity index (χ1v) is 10.3. The number of likely N-dealkylation sites (tertiary alicyclic amines) is 1. The van der Waals surface area contributed by atoms with Crippen molar-refractivity contribution in [3.8, 4) is 0 Å². The standard InChI is InChI=1S/C21H23N3O8/c1-31-18(26)11-3-4-14(16(8-11)24(29)30)17(25)22-15-9-13-7-12(15)10-23(13)19(27)21(5-6-21)20(28)32-2/h3-4,8,12-13,15H,5-7,9-10H2,1-2H3,(H,22,25)/t12-,13-,15-/m1/s1. The van der Waals surface area contributed by atoms with Crippen LogP contribution in [0.5, 0.6) is 0 Å². The number of piperidine rings is 1. The Morgan fingerprint density at radius 1 is 1.16 bits per heavy atom. The maximum atomic E-state index is 12.9. The van der Waals surface area contributed by atoms with E-state index in [1.54, 1.807) is 4.90 Å². The number of hydrogen-bond acceptors (Lipinski definition) is 8. The van der Waals surface area contributed by atoms with Crippen molar-refractivity contribution < 1.29 is 33.6 Å². The molecule has 0 unspecified atom stereocenters. The normalized spacial score (nSPS) is 24.6. The van der Waals surface area contributed by atoms with Crippen molar-refractivity contribution in [1.82, 2.24) is 10.2 Å². The van der Waals surface area contributed by atoms with Gasteiger partial charge in [0, 0.05) is 24.7 Å². The summed E-state index contributed by atoms with van der Waals surface area (Å²) in [6.07, 6.45) is 2.17. The maximum Gasteiger partial charge on any atom is 0.338 e. The minimum absolute atomic E-state index is 0.00487. The lowest BCUT2D eigenvalue weighted by Crippen LogP contribution is -2.50. The first-order chi connectivity index (χ1) is 15.2. The fourth-order valence-corrected chi connectivity index (χ4v) is 4.85. The minimum Gasteiger partial charge on any atom is -0.468 e. The molecule has 3 aliphatic rings. The summed E-state index contributed by atoms with van der Waals surface area (Å²) in [6, 6.07) is 3.21. The summed E-state index contributed by atoms with van der Waals surface area (Å²) in [7, 11) is 2.43. The molecule has 1 N–H and O–H groups in total. The quantitative estimate of drug-likeness (QED) is 0.296. The molecule has 1 heterocycles. The summed E-state index contributed by atoms with van der Waals surface area (Å²) >= 11 is 0. The van der Waals surface area contributed by atoms with Gasteiger partial charge in [-0.2, -0.15) is 0 Å². The number of ether oxygens (including phenoxy) is 2. The van der Waals surface area contributed by atoms with Crippen LogP contribution >= 0.6 is 0 Å². The molecule has 0 aromatic heterocycles. The number of rotatable bonds is 6. The molecule has 4 rings (SSSR count). The Morgan fingerprint density at radius 3 is 2.41 bits per heavy atom. The van der Waals surface area contributed by atoms with E-state index < -0.39 is 33.9 Å². The Kier molecular flexibility index (Phi) is 5.35. The van der Waals surface area contributed by atoms with E-state index in [1.165, 1.54) is 19.2 Å². The first kappa shape index (κ1) is 21.7. The fourth-order valence-electron chi connectivity index (χ4n) is 4.85. The second-order valence-electron chi connectivity index (χ2n) is 8.48. The largest absolute Gasteiger partial charge is 0.468 e. The molecule has 170 valence electrons. The molecule has 2 amide bonds. The Hall–Kier alpha value is -3.50. The van der Waals surface area contributed by atoms with Crippen LogP contribution in [-0.2, 0) is 19.1 Å². The second kappa shape index (κ2) is 7.88. The molecular weight excluding hydrogens is 422 g/mol. The molecule has 0 spiro atoms. The lowest BCUT2D eigenvalue weighted by Gasteiger charge is -2.33. The number of esters is 2. The molecule has 1 aromatic carbocycles. The van der Waals surface area contributed by atoms with Gasteiger partial charge in [-0.05, 0) is 43.7 Å². The van der Waals surface area contributed by atoms with Crippen LogP contribution in [0.2, 0.25) is 0 Å². The van der Waals surface area contributed by atoms with E-state index in [0.29, 0.717) is 32.2 Å². The van der Waals surface area contributed by atoms with Crippen LogP contribution in [0.15, 0.2) is 18.2 Å². The second-order valence-corrected chi connectivity index (χ2v) is 8.48. The number of nitrogens with one attached hydrogen (secondary N) is 1. The predicted octanol–water partition coefficient (Wildman–Crippen LogP) is 1.05. The number of carbonyl (C=O) groups excluding carboxylic acids is 4. The molecule has 11 heteroatoms. The van der Waals surface area contributed by atoms with Gasteiger partial charge >= 0.3 is 11.9 Å². The summed E-state index contributed by atoms with van der Waals surface area (Å²) in [5.41, 5.74) is -1.72. The summed E-state index contributed by atoms with van der Waals surface area (Å²) in [5.74, 6) is -2.07. The van der Waals surface area contributed by atoms with E-state index in [2.05, 4.69) is 10.1 Å². The molecule has 3 fully saturated rings. The first-order valence-electron chi connectivity index (χ1n) is 10.3. The van der Waals surface area contributed by atoms with Crippen LogP contribution < -0.4 is 5.32 Å². The van der Waals surface area contributed by atoms with Gasteiger partial charge in [0.2, 0.25) is 5.91 Å². The highest BCUT2D eigenvalue weighted by Gasteiger charge is 2.62. The van der Waals surface area contributed by atoms with Crippen LogP contribution in [0.1, 0.15) is 46.4 Å². The number of hydrogen-bond donors (Lipinski definition) is 1. The highest BCUT2D eigenvalue weighted by atomic mass is 16.6. The highest BCUT2D eigenvalue weighted by molar-refractivity contribution is 6.06. The van der Waals surface area contributed by atoms with Crippen LogP contribution in [0, 0.1) is 21.4 Å². The molecule has 2 saturated carbocycles. The van der Waals surface area contributed by atoms with Crippen molar-refractivity contribution in [2.75, 3.05) is 20.8 Å². The van der Waals surface area contributed by atoms with E-state index in [-0.39, 0.29) is 35.0 Å². The van der Waals surface area contributed by atoms with Gasteiger partial charge < -0.3 is 19.7 Å². The molecule has 32 heavy (non-hydrogen) atoms. The molecule has 1 aromatic rings. The van der Waals surface area contributed by atoms with E-state index in [4.69, 9.17) is 4.74 Å². The van der Waals surface area contributed by atoms with Gasteiger partial charge in [0.15, 0.2) is 0 Å². The van der Waals surface area contributed by atoms with Crippen molar-refractivity contribution in [3.63, 3.8) is 0 Å². The van der Waals surface area contributed by atoms with Crippen LogP contribution in [0.4, 0.5) is 5.69 Å².